The third-order valence-corrected chi connectivity index (χ3v) is 1.77. The van der Waals surface area contributed by atoms with E-state index < -0.39 is 0 Å². The van der Waals surface area contributed by atoms with Gasteiger partial charge in [-0.1, -0.05) is 43.5 Å². The number of amides is 1. The lowest BCUT2D eigenvalue weighted by Crippen LogP contribution is -2.21. The Labute approximate surface area is 84.0 Å². The molecular formula is C12H13NO. The van der Waals surface area contributed by atoms with E-state index in [1.165, 1.54) is 0 Å². The van der Waals surface area contributed by atoms with Gasteiger partial charge in [-0.25, -0.2) is 0 Å². The molecule has 72 valence electrons. The second kappa shape index (κ2) is 4.42. The van der Waals surface area contributed by atoms with E-state index in [1.54, 1.807) is 6.92 Å². The van der Waals surface area contributed by atoms with Crippen molar-refractivity contribution in [2.75, 3.05) is 0 Å². The Morgan fingerprint density at radius 3 is 2.29 bits per heavy atom. The molecule has 0 radical (unpaired) electrons. The molecule has 0 aliphatic rings. The van der Waals surface area contributed by atoms with Gasteiger partial charge in [0.05, 0.1) is 0 Å². The molecule has 0 spiro atoms. The zero-order valence-corrected chi connectivity index (χ0v) is 8.21. The number of nitrogens with one attached hydrogen (secondary N) is 1. The highest BCUT2D eigenvalue weighted by molar-refractivity contribution is 5.97. The van der Waals surface area contributed by atoms with Crippen LogP contribution >= 0.6 is 0 Å². The van der Waals surface area contributed by atoms with Crippen LogP contribution in [-0.4, -0.2) is 5.91 Å². The minimum atomic E-state index is -0.196. The lowest BCUT2D eigenvalue weighted by molar-refractivity contribution is -0.116. The molecular weight excluding hydrogens is 174 g/mol. The third kappa shape index (κ3) is 2.59. The molecule has 0 saturated heterocycles. The molecule has 0 fully saturated rings. The van der Waals surface area contributed by atoms with Crippen LogP contribution in [0.4, 0.5) is 0 Å². The van der Waals surface area contributed by atoms with Gasteiger partial charge in [-0.3, -0.25) is 4.79 Å². The highest BCUT2D eigenvalue weighted by atomic mass is 16.1. The average Bonchev–Trinajstić information content (AvgIpc) is 2.19. The first-order valence-electron chi connectivity index (χ1n) is 4.32. The Bertz CT molecular complexity index is 365. The fourth-order valence-corrected chi connectivity index (χ4v) is 0.955. The Morgan fingerprint density at radius 1 is 1.21 bits per heavy atom. The summed E-state index contributed by atoms with van der Waals surface area (Å²) < 4.78 is 0. The third-order valence-electron chi connectivity index (χ3n) is 1.77. The smallest absolute Gasteiger partial charge is 0.250 e. The topological polar surface area (TPSA) is 29.1 Å². The van der Waals surface area contributed by atoms with E-state index in [0.717, 1.165) is 5.56 Å². The summed E-state index contributed by atoms with van der Waals surface area (Å²) in [7, 11) is 0. The van der Waals surface area contributed by atoms with Gasteiger partial charge in [-0.2, -0.15) is 0 Å². The second-order valence-corrected chi connectivity index (χ2v) is 3.08. The molecule has 0 aliphatic carbocycles. The van der Waals surface area contributed by atoms with E-state index in [0.29, 0.717) is 11.3 Å². The molecule has 1 N–H and O–H groups in total. The predicted molar refractivity (Wildman–Crippen MR) is 58.4 cm³/mol. The van der Waals surface area contributed by atoms with E-state index in [1.807, 2.05) is 30.3 Å². The molecule has 0 heterocycles. The summed E-state index contributed by atoms with van der Waals surface area (Å²) in [6.07, 6.45) is 0. The second-order valence-electron chi connectivity index (χ2n) is 3.08. The van der Waals surface area contributed by atoms with Crippen molar-refractivity contribution in [1.29, 1.82) is 0 Å². The first kappa shape index (κ1) is 10.3. The zero-order chi connectivity index (χ0) is 10.6. The summed E-state index contributed by atoms with van der Waals surface area (Å²) in [5.74, 6) is -0.196. The molecule has 1 aromatic carbocycles. The lowest BCUT2D eigenvalue weighted by Gasteiger charge is -2.07. The largest absolute Gasteiger partial charge is 0.322 e. The minimum Gasteiger partial charge on any atom is -0.322 e. The predicted octanol–water partition coefficient (Wildman–Crippen LogP) is 2.35. The van der Waals surface area contributed by atoms with Crippen LogP contribution in [0.2, 0.25) is 0 Å². The maximum atomic E-state index is 11.3. The van der Waals surface area contributed by atoms with Gasteiger partial charge in [0, 0.05) is 11.3 Å². The fraction of sp³-hybridized carbons (Fsp3) is 0.0833. The molecule has 0 atom stereocenters. The Kier molecular flexibility index (Phi) is 3.24. The van der Waals surface area contributed by atoms with Crippen LogP contribution in [0.25, 0.3) is 5.70 Å². The summed E-state index contributed by atoms with van der Waals surface area (Å²) in [4.78, 5) is 11.3. The molecule has 0 aliphatic heterocycles. The summed E-state index contributed by atoms with van der Waals surface area (Å²) >= 11 is 0. The average molecular weight is 187 g/mol. The number of benzene rings is 1. The zero-order valence-electron chi connectivity index (χ0n) is 8.21. The highest BCUT2D eigenvalue weighted by Crippen LogP contribution is 2.08. The summed E-state index contributed by atoms with van der Waals surface area (Å²) in [6, 6.07) is 9.49. The minimum absolute atomic E-state index is 0.196. The highest BCUT2D eigenvalue weighted by Gasteiger charge is 2.04. The number of rotatable bonds is 3. The van der Waals surface area contributed by atoms with E-state index >= 15 is 0 Å². The van der Waals surface area contributed by atoms with Crippen LogP contribution < -0.4 is 5.32 Å². The van der Waals surface area contributed by atoms with Crippen molar-refractivity contribution in [2.45, 2.75) is 6.92 Å². The van der Waals surface area contributed by atoms with Crippen molar-refractivity contribution in [3.63, 3.8) is 0 Å². The number of carbonyl (C=O) groups excluding carboxylic acids is 1. The van der Waals surface area contributed by atoms with Gasteiger partial charge in [0.2, 0.25) is 0 Å². The fourth-order valence-electron chi connectivity index (χ4n) is 0.955. The van der Waals surface area contributed by atoms with Crippen LogP contribution in [0.5, 0.6) is 0 Å². The van der Waals surface area contributed by atoms with E-state index in [-0.39, 0.29) is 5.91 Å². The summed E-state index contributed by atoms with van der Waals surface area (Å²) in [5, 5.41) is 2.66. The van der Waals surface area contributed by atoms with Gasteiger partial charge < -0.3 is 5.32 Å². The summed E-state index contributed by atoms with van der Waals surface area (Å²) in [6.45, 7) is 8.98. The molecule has 0 saturated carbocycles. The van der Waals surface area contributed by atoms with Gasteiger partial charge in [-0.05, 0) is 12.5 Å². The van der Waals surface area contributed by atoms with Gasteiger partial charge in [0.25, 0.3) is 5.91 Å². The maximum Gasteiger partial charge on any atom is 0.250 e. The molecule has 1 rings (SSSR count). The first-order chi connectivity index (χ1) is 6.61. The van der Waals surface area contributed by atoms with Crippen molar-refractivity contribution >= 4 is 11.6 Å². The molecule has 0 unspecified atom stereocenters. The van der Waals surface area contributed by atoms with Gasteiger partial charge in [0.1, 0.15) is 0 Å². The molecule has 0 bridgehead atoms. The van der Waals surface area contributed by atoms with Crippen molar-refractivity contribution in [3.05, 3.63) is 54.6 Å². The number of carbonyl (C=O) groups is 1. The number of hydrogen-bond donors (Lipinski definition) is 1. The molecule has 2 nitrogen and oxygen atoms in total. The molecule has 1 amide bonds. The Balaban J connectivity index is 2.69. The van der Waals surface area contributed by atoms with Gasteiger partial charge in [0.15, 0.2) is 0 Å². The SMILES string of the molecule is C=C(C)C(=O)NC(=C)c1ccccc1. The maximum absolute atomic E-state index is 11.3. The molecule has 2 heteroatoms. The molecule has 0 aromatic heterocycles. The van der Waals surface area contributed by atoms with Crippen LogP contribution in [-0.2, 0) is 4.79 Å². The van der Waals surface area contributed by atoms with Crippen LogP contribution in [0.3, 0.4) is 0 Å². The quantitative estimate of drug-likeness (QED) is 0.723. The standard InChI is InChI=1S/C12H13NO/c1-9(2)12(14)13-10(3)11-7-5-4-6-8-11/h4-8H,1,3H2,2H3,(H,13,14). The van der Waals surface area contributed by atoms with E-state index in [4.69, 9.17) is 0 Å². The van der Waals surface area contributed by atoms with Crippen LogP contribution in [0, 0.1) is 0 Å². The van der Waals surface area contributed by atoms with Gasteiger partial charge >= 0.3 is 0 Å². The van der Waals surface area contributed by atoms with E-state index in [2.05, 4.69) is 18.5 Å². The van der Waals surface area contributed by atoms with Crippen LogP contribution in [0.1, 0.15) is 12.5 Å². The normalized spacial score (nSPS) is 9.21. The first-order valence-corrected chi connectivity index (χ1v) is 4.32. The Morgan fingerprint density at radius 2 is 1.79 bits per heavy atom. The lowest BCUT2D eigenvalue weighted by atomic mass is 10.1. The molecule has 1 aromatic rings. The van der Waals surface area contributed by atoms with Crippen molar-refractivity contribution < 1.29 is 4.79 Å². The van der Waals surface area contributed by atoms with Gasteiger partial charge in [-0.15, -0.1) is 0 Å². The van der Waals surface area contributed by atoms with Crippen molar-refractivity contribution in [3.8, 4) is 0 Å². The van der Waals surface area contributed by atoms with Crippen LogP contribution in [0.15, 0.2) is 49.1 Å². The molecule has 14 heavy (non-hydrogen) atoms. The Hall–Kier alpha value is -1.83. The number of hydrogen-bond acceptors (Lipinski definition) is 1. The van der Waals surface area contributed by atoms with Crippen molar-refractivity contribution in [1.82, 2.24) is 5.32 Å². The van der Waals surface area contributed by atoms with E-state index in [9.17, 15) is 4.79 Å². The summed E-state index contributed by atoms with van der Waals surface area (Å²) in [5.41, 5.74) is 1.97. The monoisotopic (exact) mass is 187 g/mol. The van der Waals surface area contributed by atoms with Crippen molar-refractivity contribution in [2.24, 2.45) is 0 Å².